The van der Waals surface area contributed by atoms with Crippen LogP contribution in [0.3, 0.4) is 0 Å². The van der Waals surface area contributed by atoms with Gasteiger partial charge in [0.2, 0.25) is 0 Å². The molecule has 3 heteroatoms. The summed E-state index contributed by atoms with van der Waals surface area (Å²) in [6.07, 6.45) is 10.5. The van der Waals surface area contributed by atoms with Crippen molar-refractivity contribution in [2.45, 2.75) is 70.4 Å². The SMILES string of the molecule is CCCNC(C1=CCCCO1)C1(OC)CCC(C)CC1. The normalized spacial score (nSPS) is 32.4. The van der Waals surface area contributed by atoms with E-state index in [0.717, 1.165) is 56.9 Å². The maximum Gasteiger partial charge on any atom is 0.112 e. The minimum Gasteiger partial charge on any atom is -0.496 e. The maximum absolute atomic E-state index is 6.06. The van der Waals surface area contributed by atoms with Gasteiger partial charge >= 0.3 is 0 Å². The zero-order chi connectivity index (χ0) is 14.4. The third kappa shape index (κ3) is 3.56. The van der Waals surface area contributed by atoms with E-state index in [1.54, 1.807) is 0 Å². The molecule has 1 saturated carbocycles. The quantitative estimate of drug-likeness (QED) is 0.806. The number of nitrogens with one attached hydrogen (secondary N) is 1. The van der Waals surface area contributed by atoms with Gasteiger partial charge in [0, 0.05) is 7.11 Å². The maximum atomic E-state index is 6.06. The molecule has 0 aromatic heterocycles. The minimum absolute atomic E-state index is 0.0785. The van der Waals surface area contributed by atoms with Gasteiger partial charge in [-0.2, -0.15) is 0 Å². The molecule has 0 spiro atoms. The molecular formula is C17H31NO2. The van der Waals surface area contributed by atoms with Gasteiger partial charge in [-0.15, -0.1) is 0 Å². The molecule has 20 heavy (non-hydrogen) atoms. The Balaban J connectivity index is 2.16. The van der Waals surface area contributed by atoms with Crippen LogP contribution in [0.2, 0.25) is 0 Å². The molecule has 0 aromatic carbocycles. The first-order valence-corrected chi connectivity index (χ1v) is 8.33. The summed E-state index contributed by atoms with van der Waals surface area (Å²) in [5.74, 6) is 1.95. The van der Waals surface area contributed by atoms with Crippen LogP contribution in [0, 0.1) is 5.92 Å². The van der Waals surface area contributed by atoms with Gasteiger partial charge in [-0.1, -0.05) is 13.8 Å². The topological polar surface area (TPSA) is 30.5 Å². The predicted molar refractivity (Wildman–Crippen MR) is 82.7 cm³/mol. The van der Waals surface area contributed by atoms with Crippen LogP contribution in [0.15, 0.2) is 11.8 Å². The van der Waals surface area contributed by atoms with E-state index in [4.69, 9.17) is 9.47 Å². The Morgan fingerprint density at radius 1 is 1.45 bits per heavy atom. The molecule has 0 radical (unpaired) electrons. The number of hydrogen-bond donors (Lipinski definition) is 1. The van der Waals surface area contributed by atoms with Gasteiger partial charge in [-0.3, -0.25) is 0 Å². The molecule has 1 aliphatic carbocycles. The van der Waals surface area contributed by atoms with Crippen LogP contribution in [0.4, 0.5) is 0 Å². The highest BCUT2D eigenvalue weighted by Gasteiger charge is 2.44. The van der Waals surface area contributed by atoms with Crippen LogP contribution in [-0.2, 0) is 9.47 Å². The summed E-state index contributed by atoms with van der Waals surface area (Å²) in [5, 5.41) is 3.70. The largest absolute Gasteiger partial charge is 0.496 e. The first kappa shape index (κ1) is 15.8. The summed E-state index contributed by atoms with van der Waals surface area (Å²) in [7, 11) is 1.87. The Bertz CT molecular complexity index is 319. The van der Waals surface area contributed by atoms with Crippen LogP contribution in [0.5, 0.6) is 0 Å². The van der Waals surface area contributed by atoms with Gasteiger partial charge in [0.15, 0.2) is 0 Å². The summed E-state index contributed by atoms with van der Waals surface area (Å²) >= 11 is 0. The highest BCUT2D eigenvalue weighted by Crippen LogP contribution is 2.39. The van der Waals surface area contributed by atoms with Crippen molar-refractivity contribution in [1.82, 2.24) is 5.32 Å². The number of allylic oxidation sites excluding steroid dienone is 1. The van der Waals surface area contributed by atoms with Crippen LogP contribution in [-0.4, -0.2) is 31.9 Å². The first-order valence-electron chi connectivity index (χ1n) is 8.33. The number of rotatable bonds is 6. The monoisotopic (exact) mass is 281 g/mol. The van der Waals surface area contributed by atoms with Crippen LogP contribution in [0.25, 0.3) is 0 Å². The zero-order valence-electron chi connectivity index (χ0n) is 13.4. The van der Waals surface area contributed by atoms with Crippen LogP contribution >= 0.6 is 0 Å². The average Bonchev–Trinajstić information content (AvgIpc) is 2.51. The molecule has 0 bridgehead atoms. The van der Waals surface area contributed by atoms with E-state index < -0.39 is 0 Å². The van der Waals surface area contributed by atoms with E-state index in [1.807, 2.05) is 7.11 Å². The van der Waals surface area contributed by atoms with Crippen LogP contribution in [0.1, 0.15) is 58.8 Å². The smallest absolute Gasteiger partial charge is 0.112 e. The fourth-order valence-corrected chi connectivity index (χ4v) is 3.47. The molecule has 1 aliphatic heterocycles. The van der Waals surface area contributed by atoms with Crippen molar-refractivity contribution in [3.63, 3.8) is 0 Å². The third-order valence-electron chi connectivity index (χ3n) is 4.90. The molecule has 1 heterocycles. The van der Waals surface area contributed by atoms with E-state index in [-0.39, 0.29) is 11.6 Å². The molecule has 1 N–H and O–H groups in total. The second-order valence-corrected chi connectivity index (χ2v) is 6.44. The van der Waals surface area contributed by atoms with Gasteiger partial charge < -0.3 is 14.8 Å². The van der Waals surface area contributed by atoms with Gasteiger partial charge in [-0.25, -0.2) is 0 Å². The standard InChI is InChI=1S/C17H31NO2/c1-4-12-18-16(15-7-5-6-13-20-15)17(19-3)10-8-14(2)9-11-17/h7,14,16,18H,4-6,8-13H2,1-3H3. The molecule has 3 nitrogen and oxygen atoms in total. The first-order chi connectivity index (χ1) is 9.72. The molecular weight excluding hydrogens is 250 g/mol. The van der Waals surface area contributed by atoms with Crippen molar-refractivity contribution < 1.29 is 9.47 Å². The highest BCUT2D eigenvalue weighted by atomic mass is 16.5. The number of methoxy groups -OCH3 is 1. The fourth-order valence-electron chi connectivity index (χ4n) is 3.47. The van der Waals surface area contributed by atoms with Crippen molar-refractivity contribution in [3.05, 3.63) is 11.8 Å². The van der Waals surface area contributed by atoms with Gasteiger partial charge in [0.1, 0.15) is 5.76 Å². The predicted octanol–water partition coefficient (Wildman–Crippen LogP) is 3.64. The third-order valence-corrected chi connectivity index (χ3v) is 4.90. The fraction of sp³-hybridized carbons (Fsp3) is 0.882. The van der Waals surface area contributed by atoms with E-state index in [0.29, 0.717) is 0 Å². The van der Waals surface area contributed by atoms with Gasteiger partial charge in [-0.05, 0) is 63.5 Å². The molecule has 2 aliphatic rings. The van der Waals surface area contributed by atoms with Gasteiger partial charge in [0.05, 0.1) is 18.2 Å². The summed E-state index contributed by atoms with van der Waals surface area (Å²) in [4.78, 5) is 0. The molecule has 0 aromatic rings. The van der Waals surface area contributed by atoms with Crippen molar-refractivity contribution >= 4 is 0 Å². The molecule has 2 rings (SSSR count). The minimum atomic E-state index is -0.0785. The summed E-state index contributed by atoms with van der Waals surface area (Å²) in [5.41, 5.74) is -0.0785. The molecule has 0 saturated heterocycles. The Morgan fingerprint density at radius 3 is 2.75 bits per heavy atom. The molecule has 116 valence electrons. The number of ether oxygens (including phenoxy) is 2. The van der Waals surface area contributed by atoms with Crippen molar-refractivity contribution in [2.24, 2.45) is 5.92 Å². The summed E-state index contributed by atoms with van der Waals surface area (Å²) < 4.78 is 12.0. The Hall–Kier alpha value is -0.540. The summed E-state index contributed by atoms with van der Waals surface area (Å²) in [6.45, 7) is 6.44. The van der Waals surface area contributed by atoms with Crippen molar-refractivity contribution in [1.29, 1.82) is 0 Å². The van der Waals surface area contributed by atoms with Gasteiger partial charge in [0.25, 0.3) is 0 Å². The molecule has 1 atom stereocenters. The second kappa shape index (κ2) is 7.46. The number of hydrogen-bond acceptors (Lipinski definition) is 3. The highest BCUT2D eigenvalue weighted by molar-refractivity contribution is 5.14. The molecule has 0 amide bonds. The Kier molecular flexibility index (Phi) is 5.91. The lowest BCUT2D eigenvalue weighted by Gasteiger charge is -2.45. The molecule has 1 unspecified atom stereocenters. The molecule has 1 fully saturated rings. The lowest BCUT2D eigenvalue weighted by Crippen LogP contribution is -2.55. The van der Waals surface area contributed by atoms with E-state index >= 15 is 0 Å². The average molecular weight is 281 g/mol. The summed E-state index contributed by atoms with van der Waals surface area (Å²) in [6, 6.07) is 0.222. The second-order valence-electron chi connectivity index (χ2n) is 6.44. The lowest BCUT2D eigenvalue weighted by molar-refractivity contribution is -0.0780. The lowest BCUT2D eigenvalue weighted by atomic mass is 9.74. The Labute approximate surface area is 124 Å². The van der Waals surface area contributed by atoms with Crippen LogP contribution < -0.4 is 5.32 Å². The van der Waals surface area contributed by atoms with Crippen molar-refractivity contribution in [3.8, 4) is 0 Å². The van der Waals surface area contributed by atoms with E-state index in [2.05, 4.69) is 25.2 Å². The van der Waals surface area contributed by atoms with Crippen molar-refractivity contribution in [2.75, 3.05) is 20.3 Å². The zero-order valence-corrected chi connectivity index (χ0v) is 13.4. The van der Waals surface area contributed by atoms with E-state index in [9.17, 15) is 0 Å². The Morgan fingerprint density at radius 2 is 2.20 bits per heavy atom. The van der Waals surface area contributed by atoms with E-state index in [1.165, 1.54) is 12.8 Å².